The normalized spacial score (nSPS) is 14.8. The Hall–Kier alpha value is -1.94. The summed E-state index contributed by atoms with van der Waals surface area (Å²) in [7, 11) is -2.95. The van der Waals surface area contributed by atoms with E-state index in [1.165, 1.54) is 16.7 Å². The van der Waals surface area contributed by atoms with Gasteiger partial charge in [-0.1, -0.05) is 34.9 Å². The Morgan fingerprint density at radius 2 is 0.692 bits per heavy atom. The van der Waals surface area contributed by atoms with Crippen molar-refractivity contribution in [3.8, 4) is 0 Å². The molecule has 0 aliphatic rings. The van der Waals surface area contributed by atoms with Crippen LogP contribution < -0.4 is 0 Å². The van der Waals surface area contributed by atoms with Gasteiger partial charge in [-0.15, -0.1) is 0 Å². The highest BCUT2D eigenvalue weighted by atomic mass is 28.4. The van der Waals surface area contributed by atoms with Gasteiger partial charge in [-0.2, -0.15) is 0 Å². The molecule has 0 saturated heterocycles. The van der Waals surface area contributed by atoms with Crippen molar-refractivity contribution in [3.63, 3.8) is 0 Å². The van der Waals surface area contributed by atoms with Crippen molar-refractivity contribution in [2.24, 2.45) is 0 Å². The average molecular weight is 377 g/mol. The first-order chi connectivity index (χ1) is 11.9. The van der Waals surface area contributed by atoms with E-state index in [-0.39, 0.29) is 0 Å². The van der Waals surface area contributed by atoms with E-state index in [9.17, 15) is 0 Å². The SMILES string of the molecule is CC(C)=CC=C(C)O[Si](C)(OC(C)=CC=C(C)C)OC(C)=CC=C(C)C. The third kappa shape index (κ3) is 12.4. The monoisotopic (exact) mass is 376 g/mol. The van der Waals surface area contributed by atoms with Crippen molar-refractivity contribution in [2.75, 3.05) is 0 Å². The summed E-state index contributed by atoms with van der Waals surface area (Å²) in [6.07, 6.45) is 11.9. The Kier molecular flexibility index (Phi) is 10.8. The van der Waals surface area contributed by atoms with Crippen LogP contribution in [0, 0.1) is 0 Å². The molecule has 0 fully saturated rings. The van der Waals surface area contributed by atoms with Crippen molar-refractivity contribution in [1.29, 1.82) is 0 Å². The molecule has 0 N–H and O–H groups in total. The van der Waals surface area contributed by atoms with Gasteiger partial charge in [0.05, 0.1) is 17.3 Å². The van der Waals surface area contributed by atoms with Crippen LogP contribution in [0.25, 0.3) is 0 Å². The molecule has 0 aromatic rings. The topological polar surface area (TPSA) is 27.7 Å². The minimum absolute atomic E-state index is 0.769. The first-order valence-electron chi connectivity index (χ1n) is 8.96. The van der Waals surface area contributed by atoms with Gasteiger partial charge in [0.15, 0.2) is 0 Å². The van der Waals surface area contributed by atoms with Crippen molar-refractivity contribution < 1.29 is 13.3 Å². The van der Waals surface area contributed by atoms with Gasteiger partial charge in [0.25, 0.3) is 0 Å². The minimum Gasteiger partial charge on any atom is -0.488 e. The van der Waals surface area contributed by atoms with Crippen LogP contribution in [0.5, 0.6) is 0 Å². The summed E-state index contributed by atoms with van der Waals surface area (Å²) in [5.41, 5.74) is 3.62. The largest absolute Gasteiger partial charge is 0.695 e. The van der Waals surface area contributed by atoms with Crippen LogP contribution in [0.15, 0.2) is 70.5 Å². The molecule has 0 aromatic carbocycles. The standard InChI is InChI=1S/C22H36O3Si/c1-17(2)11-14-20(7)23-26(10,24-21(8)15-12-18(3)4)25-22(9)16-13-19(5)6/h11-16H,1-10H3. The zero-order chi connectivity index (χ0) is 20.3. The quantitative estimate of drug-likeness (QED) is 0.241. The highest BCUT2D eigenvalue weighted by Gasteiger charge is 2.42. The molecule has 0 aliphatic carbocycles. The highest BCUT2D eigenvalue weighted by Crippen LogP contribution is 2.21. The number of hydrogen-bond acceptors (Lipinski definition) is 3. The van der Waals surface area contributed by atoms with Gasteiger partial charge in [-0.25, -0.2) is 0 Å². The smallest absolute Gasteiger partial charge is 0.488 e. The molecule has 0 aliphatic heterocycles. The molecule has 0 bridgehead atoms. The number of allylic oxidation sites excluding steroid dienone is 12. The fourth-order valence-electron chi connectivity index (χ4n) is 1.89. The Morgan fingerprint density at radius 1 is 0.462 bits per heavy atom. The fourth-order valence-corrected chi connectivity index (χ4v) is 3.98. The van der Waals surface area contributed by atoms with Crippen LogP contribution in [-0.2, 0) is 13.3 Å². The molecule has 0 amide bonds. The second kappa shape index (κ2) is 11.6. The predicted molar refractivity (Wildman–Crippen MR) is 114 cm³/mol. The molecule has 0 saturated carbocycles. The number of rotatable bonds is 9. The summed E-state index contributed by atoms with van der Waals surface area (Å²) in [5.74, 6) is 2.31. The molecule has 146 valence electrons. The zero-order valence-corrected chi connectivity index (χ0v) is 19.2. The average Bonchev–Trinajstić information content (AvgIpc) is 2.48. The summed E-state index contributed by atoms with van der Waals surface area (Å²) in [6.45, 7) is 20.0. The maximum absolute atomic E-state index is 6.13. The lowest BCUT2D eigenvalue weighted by molar-refractivity contribution is 0.151. The molecule has 0 heterocycles. The maximum Gasteiger partial charge on any atom is 0.695 e. The molecule has 0 radical (unpaired) electrons. The molecule has 0 atom stereocenters. The van der Waals surface area contributed by atoms with E-state index < -0.39 is 8.80 Å². The molecule has 4 heteroatoms. The zero-order valence-electron chi connectivity index (χ0n) is 18.2. The number of hydrogen-bond donors (Lipinski definition) is 0. The minimum atomic E-state index is -2.95. The first kappa shape index (κ1) is 24.1. The van der Waals surface area contributed by atoms with Gasteiger partial charge in [0.1, 0.15) is 0 Å². The van der Waals surface area contributed by atoms with E-state index in [1.807, 2.05) is 105 Å². The van der Waals surface area contributed by atoms with Crippen molar-refractivity contribution >= 4 is 8.80 Å². The Labute approximate surface area is 161 Å². The van der Waals surface area contributed by atoms with Crippen molar-refractivity contribution in [3.05, 3.63) is 70.5 Å². The van der Waals surface area contributed by atoms with Gasteiger partial charge < -0.3 is 13.3 Å². The molecule has 0 unspecified atom stereocenters. The van der Waals surface area contributed by atoms with Crippen LogP contribution in [0.2, 0.25) is 6.55 Å². The second-order valence-electron chi connectivity index (χ2n) is 7.23. The van der Waals surface area contributed by atoms with E-state index in [0.717, 1.165) is 17.3 Å². The van der Waals surface area contributed by atoms with Gasteiger partial charge in [0, 0.05) is 6.55 Å². The van der Waals surface area contributed by atoms with Crippen LogP contribution >= 0.6 is 0 Å². The van der Waals surface area contributed by atoms with Crippen LogP contribution in [0.4, 0.5) is 0 Å². The van der Waals surface area contributed by atoms with Crippen LogP contribution in [-0.4, -0.2) is 8.80 Å². The van der Waals surface area contributed by atoms with Crippen LogP contribution in [0.1, 0.15) is 62.3 Å². The molecular weight excluding hydrogens is 340 g/mol. The summed E-state index contributed by atoms with van der Waals surface area (Å²) in [6, 6.07) is 0. The van der Waals surface area contributed by atoms with E-state index in [0.29, 0.717) is 0 Å². The molecule has 0 spiro atoms. The summed E-state index contributed by atoms with van der Waals surface area (Å²) in [5, 5.41) is 0. The van der Waals surface area contributed by atoms with E-state index in [4.69, 9.17) is 13.3 Å². The lowest BCUT2D eigenvalue weighted by Gasteiger charge is -2.28. The highest BCUT2D eigenvalue weighted by molar-refractivity contribution is 6.60. The van der Waals surface area contributed by atoms with Crippen molar-refractivity contribution in [1.82, 2.24) is 0 Å². The van der Waals surface area contributed by atoms with E-state index >= 15 is 0 Å². The first-order valence-corrected chi connectivity index (χ1v) is 11.2. The summed E-state index contributed by atoms with van der Waals surface area (Å²) >= 11 is 0. The van der Waals surface area contributed by atoms with E-state index in [1.54, 1.807) is 0 Å². The fraction of sp³-hybridized carbons (Fsp3) is 0.455. The predicted octanol–water partition coefficient (Wildman–Crippen LogP) is 7.21. The van der Waals surface area contributed by atoms with Gasteiger partial charge >= 0.3 is 8.80 Å². The molecule has 3 nitrogen and oxygen atoms in total. The van der Waals surface area contributed by atoms with Gasteiger partial charge in [-0.3, -0.25) is 0 Å². The van der Waals surface area contributed by atoms with Crippen LogP contribution in [0.3, 0.4) is 0 Å². The Bertz CT molecular complexity index is 546. The van der Waals surface area contributed by atoms with E-state index in [2.05, 4.69) is 0 Å². The summed E-state index contributed by atoms with van der Waals surface area (Å²) < 4.78 is 18.4. The third-order valence-electron chi connectivity index (χ3n) is 2.99. The molecular formula is C22H36O3Si. The Morgan fingerprint density at radius 3 is 0.885 bits per heavy atom. The lowest BCUT2D eigenvalue weighted by atomic mass is 10.3. The molecule has 0 rings (SSSR count). The lowest BCUT2D eigenvalue weighted by Crippen LogP contribution is -2.41. The van der Waals surface area contributed by atoms with Gasteiger partial charge in [-0.05, 0) is 80.5 Å². The van der Waals surface area contributed by atoms with Crippen molar-refractivity contribution in [2.45, 2.75) is 68.9 Å². The summed E-state index contributed by atoms with van der Waals surface area (Å²) in [4.78, 5) is 0. The maximum atomic E-state index is 6.13. The molecule has 26 heavy (non-hydrogen) atoms. The second-order valence-corrected chi connectivity index (χ2v) is 9.57. The third-order valence-corrected chi connectivity index (χ3v) is 5.07. The Balaban J connectivity index is 5.56. The van der Waals surface area contributed by atoms with Gasteiger partial charge in [0.2, 0.25) is 0 Å². The molecule has 0 aromatic heterocycles.